The third kappa shape index (κ3) is 3.19. The summed E-state index contributed by atoms with van der Waals surface area (Å²) in [5.74, 6) is 0. The van der Waals surface area contributed by atoms with Crippen LogP contribution in [0.15, 0.2) is 24.3 Å². The Hall–Kier alpha value is -0.570. The molecular formula is C17H26ClNO. The average Bonchev–Trinajstić information content (AvgIpc) is 2.27. The van der Waals surface area contributed by atoms with Gasteiger partial charge in [-0.1, -0.05) is 30.2 Å². The van der Waals surface area contributed by atoms with Crippen molar-refractivity contribution in [3.63, 3.8) is 0 Å². The van der Waals surface area contributed by atoms with Crippen molar-refractivity contribution in [1.82, 2.24) is 4.90 Å². The van der Waals surface area contributed by atoms with Crippen LogP contribution in [0.2, 0.25) is 5.02 Å². The highest BCUT2D eigenvalue weighted by Gasteiger charge is 2.47. The minimum Gasteiger partial charge on any atom is -0.390 e. The van der Waals surface area contributed by atoms with E-state index in [1.54, 1.807) is 0 Å². The highest BCUT2D eigenvalue weighted by Crippen LogP contribution is 2.49. The van der Waals surface area contributed by atoms with Gasteiger partial charge in [-0.15, -0.1) is 0 Å². The van der Waals surface area contributed by atoms with Crippen LogP contribution in [0, 0.1) is 0 Å². The van der Waals surface area contributed by atoms with Crippen molar-refractivity contribution >= 4 is 11.6 Å². The lowest BCUT2D eigenvalue weighted by atomic mass is 9.58. The largest absolute Gasteiger partial charge is 0.390 e. The average molecular weight is 296 g/mol. The SMILES string of the molecule is CN(C)[C@H](CC(C)(C)O)C1(c2ccc(Cl)cc2)CCC1. The van der Waals surface area contributed by atoms with E-state index in [1.165, 1.54) is 24.8 Å². The van der Waals surface area contributed by atoms with E-state index in [0.717, 1.165) is 11.4 Å². The zero-order chi connectivity index (χ0) is 15.0. The molecule has 1 aromatic rings. The summed E-state index contributed by atoms with van der Waals surface area (Å²) in [4.78, 5) is 2.27. The second-order valence-electron chi connectivity index (χ2n) is 7.01. The number of hydrogen-bond acceptors (Lipinski definition) is 2. The normalized spacial score (nSPS) is 19.8. The second kappa shape index (κ2) is 5.67. The van der Waals surface area contributed by atoms with E-state index in [1.807, 2.05) is 26.0 Å². The Labute approximate surface area is 127 Å². The molecule has 1 N–H and O–H groups in total. The van der Waals surface area contributed by atoms with Crippen LogP contribution in [-0.4, -0.2) is 35.7 Å². The van der Waals surface area contributed by atoms with Crippen molar-refractivity contribution in [2.75, 3.05) is 14.1 Å². The van der Waals surface area contributed by atoms with Crippen molar-refractivity contribution in [3.05, 3.63) is 34.9 Å². The summed E-state index contributed by atoms with van der Waals surface area (Å²) in [6.45, 7) is 3.80. The molecule has 3 heteroatoms. The van der Waals surface area contributed by atoms with Crippen molar-refractivity contribution in [3.8, 4) is 0 Å². The Bertz CT molecular complexity index is 443. The van der Waals surface area contributed by atoms with E-state index < -0.39 is 5.60 Å². The highest BCUT2D eigenvalue weighted by molar-refractivity contribution is 6.30. The lowest BCUT2D eigenvalue weighted by Gasteiger charge is -2.52. The predicted molar refractivity (Wildman–Crippen MR) is 85.4 cm³/mol. The van der Waals surface area contributed by atoms with E-state index in [9.17, 15) is 5.11 Å². The van der Waals surface area contributed by atoms with Gasteiger partial charge >= 0.3 is 0 Å². The summed E-state index contributed by atoms with van der Waals surface area (Å²) in [5.41, 5.74) is 0.869. The van der Waals surface area contributed by atoms with Gasteiger partial charge in [0.2, 0.25) is 0 Å². The van der Waals surface area contributed by atoms with Gasteiger partial charge in [0.1, 0.15) is 0 Å². The van der Waals surface area contributed by atoms with E-state index in [4.69, 9.17) is 11.6 Å². The maximum atomic E-state index is 10.3. The van der Waals surface area contributed by atoms with Gasteiger partial charge < -0.3 is 10.0 Å². The number of nitrogens with zero attached hydrogens (tertiary/aromatic N) is 1. The fourth-order valence-electron chi connectivity index (χ4n) is 3.50. The number of rotatable bonds is 5. The van der Waals surface area contributed by atoms with Gasteiger partial charge in [-0.2, -0.15) is 0 Å². The number of aliphatic hydroxyl groups is 1. The Morgan fingerprint density at radius 3 is 2.15 bits per heavy atom. The number of likely N-dealkylation sites (N-methyl/N-ethyl adjacent to an activating group) is 1. The topological polar surface area (TPSA) is 23.5 Å². The molecule has 1 aromatic carbocycles. The maximum Gasteiger partial charge on any atom is 0.0607 e. The molecule has 0 bridgehead atoms. The minimum atomic E-state index is -0.649. The first-order valence-electron chi connectivity index (χ1n) is 7.39. The summed E-state index contributed by atoms with van der Waals surface area (Å²) in [7, 11) is 4.23. The molecule has 1 atom stereocenters. The van der Waals surface area contributed by atoms with Crippen LogP contribution in [0.4, 0.5) is 0 Å². The molecule has 0 unspecified atom stereocenters. The molecule has 1 aliphatic rings. The smallest absolute Gasteiger partial charge is 0.0607 e. The van der Waals surface area contributed by atoms with Crippen LogP contribution in [0.3, 0.4) is 0 Å². The Morgan fingerprint density at radius 1 is 1.25 bits per heavy atom. The molecule has 1 fully saturated rings. The molecule has 0 amide bonds. The monoisotopic (exact) mass is 295 g/mol. The fraction of sp³-hybridized carbons (Fsp3) is 0.647. The Kier molecular flexibility index (Phi) is 4.48. The van der Waals surface area contributed by atoms with Crippen LogP contribution in [-0.2, 0) is 5.41 Å². The molecule has 112 valence electrons. The van der Waals surface area contributed by atoms with Gasteiger partial charge in [-0.25, -0.2) is 0 Å². The second-order valence-corrected chi connectivity index (χ2v) is 7.45. The molecule has 20 heavy (non-hydrogen) atoms. The molecule has 0 radical (unpaired) electrons. The lowest BCUT2D eigenvalue weighted by Crippen LogP contribution is -2.54. The molecule has 1 saturated carbocycles. The van der Waals surface area contributed by atoms with Gasteiger partial charge in [-0.05, 0) is 64.9 Å². The van der Waals surface area contributed by atoms with Gasteiger partial charge in [-0.3, -0.25) is 0 Å². The quantitative estimate of drug-likeness (QED) is 0.892. The van der Waals surface area contributed by atoms with Gasteiger partial charge in [0.25, 0.3) is 0 Å². The van der Waals surface area contributed by atoms with Gasteiger partial charge in [0.05, 0.1) is 5.60 Å². The van der Waals surface area contributed by atoms with Crippen LogP contribution in [0.25, 0.3) is 0 Å². The molecule has 0 aromatic heterocycles. The molecular weight excluding hydrogens is 270 g/mol. The number of benzene rings is 1. The number of halogens is 1. The maximum absolute atomic E-state index is 10.3. The fourth-order valence-corrected chi connectivity index (χ4v) is 3.63. The van der Waals surface area contributed by atoms with Crippen LogP contribution in [0.1, 0.15) is 45.1 Å². The van der Waals surface area contributed by atoms with Crippen molar-refractivity contribution < 1.29 is 5.11 Å². The first-order valence-corrected chi connectivity index (χ1v) is 7.77. The van der Waals surface area contributed by atoms with Crippen LogP contribution < -0.4 is 0 Å². The third-order valence-electron chi connectivity index (χ3n) is 4.62. The standard InChI is InChI=1S/C17H26ClNO/c1-16(2,20)12-15(19(3)4)17(10-5-11-17)13-6-8-14(18)9-7-13/h6-9,15,20H,5,10-12H2,1-4H3/t15-/m1/s1. The summed E-state index contributed by atoms with van der Waals surface area (Å²) >= 11 is 6.02. The van der Waals surface area contributed by atoms with Gasteiger partial charge in [0, 0.05) is 16.5 Å². The summed E-state index contributed by atoms with van der Waals surface area (Å²) in [5, 5.41) is 11.0. The molecule has 1 aliphatic carbocycles. The zero-order valence-electron chi connectivity index (χ0n) is 13.0. The Balaban J connectivity index is 2.34. The van der Waals surface area contributed by atoms with Crippen LogP contribution in [0.5, 0.6) is 0 Å². The van der Waals surface area contributed by atoms with E-state index >= 15 is 0 Å². The first-order chi connectivity index (χ1) is 9.24. The van der Waals surface area contributed by atoms with E-state index in [-0.39, 0.29) is 5.41 Å². The highest BCUT2D eigenvalue weighted by atomic mass is 35.5. The van der Waals surface area contributed by atoms with Crippen molar-refractivity contribution in [2.45, 2.75) is 56.6 Å². The van der Waals surface area contributed by atoms with Gasteiger partial charge in [0.15, 0.2) is 0 Å². The predicted octanol–water partition coefficient (Wildman–Crippen LogP) is 3.85. The minimum absolute atomic E-state index is 0.161. The molecule has 2 rings (SSSR count). The lowest BCUT2D eigenvalue weighted by molar-refractivity contribution is 0.00177. The molecule has 0 spiro atoms. The van der Waals surface area contributed by atoms with E-state index in [2.05, 4.69) is 31.1 Å². The third-order valence-corrected chi connectivity index (χ3v) is 4.87. The summed E-state index contributed by atoms with van der Waals surface area (Å²) < 4.78 is 0. The molecule has 0 heterocycles. The van der Waals surface area contributed by atoms with Crippen molar-refractivity contribution in [1.29, 1.82) is 0 Å². The zero-order valence-corrected chi connectivity index (χ0v) is 13.7. The molecule has 0 saturated heterocycles. The molecule has 2 nitrogen and oxygen atoms in total. The summed E-state index contributed by atoms with van der Waals surface area (Å²) in [6, 6.07) is 8.61. The number of hydrogen-bond donors (Lipinski definition) is 1. The van der Waals surface area contributed by atoms with Crippen molar-refractivity contribution in [2.24, 2.45) is 0 Å². The summed E-state index contributed by atoms with van der Waals surface area (Å²) in [6.07, 6.45) is 4.42. The van der Waals surface area contributed by atoms with Crippen LogP contribution >= 0.6 is 11.6 Å². The molecule has 0 aliphatic heterocycles. The van der Waals surface area contributed by atoms with E-state index in [0.29, 0.717) is 6.04 Å². The first kappa shape index (κ1) is 15.8. The Morgan fingerprint density at radius 2 is 1.80 bits per heavy atom.